The Morgan fingerprint density at radius 2 is 1.91 bits per heavy atom. The van der Waals surface area contributed by atoms with Crippen molar-refractivity contribution in [1.29, 1.82) is 0 Å². The van der Waals surface area contributed by atoms with Crippen LogP contribution in [0.3, 0.4) is 0 Å². The van der Waals surface area contributed by atoms with E-state index < -0.39 is 10.8 Å². The van der Waals surface area contributed by atoms with Crippen LogP contribution in [0.2, 0.25) is 0 Å². The average Bonchev–Trinajstić information content (AvgIpc) is 2.74. The van der Waals surface area contributed by atoms with Gasteiger partial charge in [0.05, 0.1) is 23.7 Å². The van der Waals surface area contributed by atoms with Crippen LogP contribution in [-0.4, -0.2) is 61.3 Å². The van der Waals surface area contributed by atoms with Crippen molar-refractivity contribution in [2.24, 2.45) is 0 Å². The molecule has 1 fully saturated rings. The normalized spacial score (nSPS) is 18.8. The molecule has 1 amide bonds. The summed E-state index contributed by atoms with van der Waals surface area (Å²) in [6, 6.07) is 12.0. The molecule has 172 valence electrons. The van der Waals surface area contributed by atoms with Gasteiger partial charge in [-0.3, -0.25) is 19.8 Å². The maximum atomic E-state index is 12.9. The van der Waals surface area contributed by atoms with Crippen molar-refractivity contribution in [3.05, 3.63) is 63.7 Å². The summed E-state index contributed by atoms with van der Waals surface area (Å²) >= 11 is 0. The summed E-state index contributed by atoms with van der Waals surface area (Å²) < 4.78 is 10.8. The molecule has 1 saturated heterocycles. The van der Waals surface area contributed by atoms with Gasteiger partial charge in [0.15, 0.2) is 0 Å². The highest BCUT2D eigenvalue weighted by Crippen LogP contribution is 2.27. The number of ether oxygens (including phenoxy) is 2. The van der Waals surface area contributed by atoms with Crippen molar-refractivity contribution in [2.75, 3.05) is 44.0 Å². The van der Waals surface area contributed by atoms with E-state index in [9.17, 15) is 14.9 Å². The Hall–Kier alpha value is -3.01. The number of nitrogens with one attached hydrogen (secondary N) is 2. The number of hydrogen-bond donors (Lipinski definition) is 2. The third-order valence-corrected chi connectivity index (χ3v) is 5.23. The van der Waals surface area contributed by atoms with Gasteiger partial charge in [-0.2, -0.15) is 0 Å². The van der Waals surface area contributed by atoms with E-state index in [4.69, 9.17) is 9.47 Å². The zero-order chi connectivity index (χ0) is 23.1. The van der Waals surface area contributed by atoms with Crippen molar-refractivity contribution in [2.45, 2.75) is 32.6 Å². The molecule has 0 aliphatic carbocycles. The van der Waals surface area contributed by atoms with Crippen molar-refractivity contribution < 1.29 is 19.2 Å². The molecular weight excluding hydrogens is 412 g/mol. The van der Waals surface area contributed by atoms with Crippen molar-refractivity contribution in [1.82, 2.24) is 4.90 Å². The number of hydrogen-bond acceptors (Lipinski definition) is 7. The summed E-state index contributed by atoms with van der Waals surface area (Å²) in [4.78, 5) is 26.2. The number of amides is 1. The van der Waals surface area contributed by atoms with Crippen molar-refractivity contribution >= 4 is 23.0 Å². The third kappa shape index (κ3) is 6.25. The fraction of sp³-hybridized carbons (Fsp3) is 0.435. The Morgan fingerprint density at radius 1 is 1.19 bits per heavy atom. The maximum Gasteiger partial charge on any atom is 0.293 e. The highest BCUT2D eigenvalue weighted by molar-refractivity contribution is 6.05. The molecule has 2 aromatic carbocycles. The first kappa shape index (κ1) is 23.6. The lowest BCUT2D eigenvalue weighted by Crippen LogP contribution is -2.44. The van der Waals surface area contributed by atoms with Gasteiger partial charge in [-0.1, -0.05) is 18.2 Å². The molecule has 0 aromatic heterocycles. The second-order valence-electron chi connectivity index (χ2n) is 7.97. The molecule has 2 N–H and O–H groups in total. The average molecular weight is 443 g/mol. The number of anilines is 2. The number of nitrogens with zero attached hydrogens (tertiary/aromatic N) is 2. The molecule has 0 spiro atoms. The Kier molecular flexibility index (Phi) is 8.15. The van der Waals surface area contributed by atoms with Gasteiger partial charge in [0.1, 0.15) is 5.69 Å². The van der Waals surface area contributed by atoms with Crippen LogP contribution in [0.5, 0.6) is 0 Å². The van der Waals surface area contributed by atoms with E-state index in [0.29, 0.717) is 31.1 Å². The summed E-state index contributed by atoms with van der Waals surface area (Å²) in [7, 11) is 1.56. The quantitative estimate of drug-likeness (QED) is 0.348. The SMILES string of the molecule is COCCNc1ccc(C(=O)Nc2ccccc2CN2CC(C)OC(C)C2)cc1[N+](=O)[O-]. The minimum Gasteiger partial charge on any atom is -0.383 e. The van der Waals surface area contributed by atoms with Crippen LogP contribution in [-0.2, 0) is 16.0 Å². The summed E-state index contributed by atoms with van der Waals surface area (Å²) in [5.74, 6) is -0.396. The van der Waals surface area contributed by atoms with Crippen LogP contribution in [0.15, 0.2) is 42.5 Å². The van der Waals surface area contributed by atoms with Gasteiger partial charge in [0.2, 0.25) is 0 Å². The lowest BCUT2D eigenvalue weighted by Gasteiger charge is -2.35. The van der Waals surface area contributed by atoms with E-state index >= 15 is 0 Å². The highest BCUT2D eigenvalue weighted by atomic mass is 16.6. The zero-order valence-corrected chi connectivity index (χ0v) is 18.7. The molecule has 2 unspecified atom stereocenters. The third-order valence-electron chi connectivity index (χ3n) is 5.23. The number of carbonyl (C=O) groups excluding carboxylic acids is 1. The molecule has 9 heteroatoms. The van der Waals surface area contributed by atoms with Crippen LogP contribution >= 0.6 is 0 Å². The molecule has 2 aromatic rings. The van der Waals surface area contributed by atoms with Crippen LogP contribution < -0.4 is 10.6 Å². The number of benzene rings is 2. The second-order valence-corrected chi connectivity index (χ2v) is 7.97. The maximum absolute atomic E-state index is 12.9. The van der Waals surface area contributed by atoms with Crippen LogP contribution in [0.1, 0.15) is 29.8 Å². The first-order chi connectivity index (χ1) is 15.4. The Bertz CT molecular complexity index is 942. The molecule has 1 aliphatic heterocycles. The lowest BCUT2D eigenvalue weighted by atomic mass is 10.1. The number of nitro groups is 1. The van der Waals surface area contributed by atoms with Gasteiger partial charge in [0, 0.05) is 50.6 Å². The summed E-state index contributed by atoms with van der Waals surface area (Å²) in [6.45, 7) is 7.25. The van der Waals surface area contributed by atoms with Crippen molar-refractivity contribution in [3.63, 3.8) is 0 Å². The predicted octanol–water partition coefficient (Wildman–Crippen LogP) is 3.51. The molecule has 1 heterocycles. The van der Waals surface area contributed by atoms with Gasteiger partial charge >= 0.3 is 0 Å². The second kappa shape index (κ2) is 11.0. The minimum atomic E-state index is -0.499. The number of para-hydroxylation sites is 1. The highest BCUT2D eigenvalue weighted by Gasteiger charge is 2.23. The van der Waals surface area contributed by atoms with E-state index in [1.54, 1.807) is 19.2 Å². The van der Waals surface area contributed by atoms with Gasteiger partial charge in [-0.15, -0.1) is 0 Å². The van der Waals surface area contributed by atoms with Gasteiger partial charge in [0.25, 0.3) is 11.6 Å². The molecule has 0 saturated carbocycles. The first-order valence-corrected chi connectivity index (χ1v) is 10.7. The van der Waals surface area contributed by atoms with Gasteiger partial charge < -0.3 is 20.1 Å². The zero-order valence-electron chi connectivity index (χ0n) is 18.7. The van der Waals surface area contributed by atoms with E-state index in [-0.39, 0.29) is 23.5 Å². The number of nitro benzene ring substituents is 1. The van der Waals surface area contributed by atoms with Crippen LogP contribution in [0, 0.1) is 10.1 Å². The van der Waals surface area contributed by atoms with Crippen molar-refractivity contribution in [3.8, 4) is 0 Å². The van der Waals surface area contributed by atoms with Crippen LogP contribution in [0.25, 0.3) is 0 Å². The molecule has 0 radical (unpaired) electrons. The standard InChI is InChI=1S/C23H30N4O5/c1-16-13-26(14-17(2)32-16)15-19-6-4-5-7-20(19)25-23(28)18-8-9-21(24-10-11-31-3)22(12-18)27(29)30/h4-9,12,16-17,24H,10-11,13-15H2,1-3H3,(H,25,28). The first-order valence-electron chi connectivity index (χ1n) is 10.7. The molecule has 2 atom stereocenters. The van der Waals surface area contributed by atoms with E-state index in [1.165, 1.54) is 6.07 Å². The Labute approximate surface area is 187 Å². The Balaban J connectivity index is 1.74. The van der Waals surface area contributed by atoms with E-state index in [0.717, 1.165) is 18.7 Å². The van der Waals surface area contributed by atoms with Crippen LogP contribution in [0.4, 0.5) is 17.1 Å². The topological polar surface area (TPSA) is 106 Å². The number of carbonyl (C=O) groups is 1. The largest absolute Gasteiger partial charge is 0.383 e. The van der Waals surface area contributed by atoms with Gasteiger partial charge in [-0.05, 0) is 37.6 Å². The number of rotatable bonds is 9. The Morgan fingerprint density at radius 3 is 2.59 bits per heavy atom. The lowest BCUT2D eigenvalue weighted by molar-refractivity contribution is -0.384. The predicted molar refractivity (Wildman–Crippen MR) is 123 cm³/mol. The summed E-state index contributed by atoms with van der Waals surface area (Å²) in [6.07, 6.45) is 0.300. The fourth-order valence-electron chi connectivity index (χ4n) is 3.89. The number of morpholine rings is 1. The molecule has 1 aliphatic rings. The molecular formula is C23H30N4O5. The van der Waals surface area contributed by atoms with Gasteiger partial charge in [-0.25, -0.2) is 0 Å². The molecule has 0 bridgehead atoms. The monoisotopic (exact) mass is 442 g/mol. The summed E-state index contributed by atoms with van der Waals surface area (Å²) in [5.41, 5.74) is 2.08. The van der Waals surface area contributed by atoms with E-state index in [2.05, 4.69) is 29.4 Å². The van der Waals surface area contributed by atoms with E-state index in [1.807, 2.05) is 24.3 Å². The number of methoxy groups -OCH3 is 1. The molecule has 32 heavy (non-hydrogen) atoms. The molecule has 3 rings (SSSR count). The summed E-state index contributed by atoms with van der Waals surface area (Å²) in [5, 5.41) is 17.4. The fourth-order valence-corrected chi connectivity index (χ4v) is 3.89. The smallest absolute Gasteiger partial charge is 0.293 e. The minimum absolute atomic E-state index is 0.150. The molecule has 9 nitrogen and oxygen atoms in total.